The standard InChI is InChI=1S/C29H29Br/c1-27(2)24-16-23(26(30)17-25(24)28(3,4)29(27,5)6)21-13-9-12-20-19-11-8-7-10-18(19)14-15-22(20)21/h7-17H,1-6H3. The van der Waals surface area contributed by atoms with Crippen molar-refractivity contribution in [3.05, 3.63) is 82.3 Å². The van der Waals surface area contributed by atoms with Crippen molar-refractivity contribution >= 4 is 37.5 Å². The number of benzene rings is 4. The average molecular weight is 457 g/mol. The third kappa shape index (κ3) is 2.39. The van der Waals surface area contributed by atoms with E-state index in [9.17, 15) is 0 Å². The maximum atomic E-state index is 3.95. The number of hydrogen-bond donors (Lipinski definition) is 0. The van der Waals surface area contributed by atoms with Gasteiger partial charge in [-0.1, -0.05) is 112 Å². The van der Waals surface area contributed by atoms with Crippen molar-refractivity contribution in [2.75, 3.05) is 0 Å². The first-order valence-corrected chi connectivity index (χ1v) is 11.6. The van der Waals surface area contributed by atoms with Crippen LogP contribution in [0, 0.1) is 5.41 Å². The molecule has 30 heavy (non-hydrogen) atoms. The van der Waals surface area contributed by atoms with Crippen LogP contribution in [0.4, 0.5) is 0 Å². The van der Waals surface area contributed by atoms with Crippen LogP contribution in [0.1, 0.15) is 52.7 Å². The molecule has 0 heterocycles. The first-order valence-electron chi connectivity index (χ1n) is 10.8. The molecule has 5 rings (SSSR count). The Morgan fingerprint density at radius 2 is 1.20 bits per heavy atom. The van der Waals surface area contributed by atoms with Crippen LogP contribution in [0.25, 0.3) is 32.7 Å². The minimum Gasteiger partial charge on any atom is -0.0616 e. The van der Waals surface area contributed by atoms with Crippen molar-refractivity contribution in [1.82, 2.24) is 0 Å². The van der Waals surface area contributed by atoms with E-state index in [0.29, 0.717) is 0 Å². The van der Waals surface area contributed by atoms with Gasteiger partial charge in [-0.05, 0) is 72.2 Å². The summed E-state index contributed by atoms with van der Waals surface area (Å²) in [7, 11) is 0. The Bertz CT molecular complexity index is 1320. The molecule has 0 aliphatic heterocycles. The number of fused-ring (bicyclic) bond motifs is 4. The fourth-order valence-electron chi connectivity index (χ4n) is 5.54. The van der Waals surface area contributed by atoms with Crippen LogP contribution in [-0.2, 0) is 10.8 Å². The van der Waals surface area contributed by atoms with Gasteiger partial charge in [-0.3, -0.25) is 0 Å². The second-order valence-electron chi connectivity index (χ2n) is 10.4. The quantitative estimate of drug-likeness (QED) is 0.250. The lowest BCUT2D eigenvalue weighted by Crippen LogP contribution is -2.42. The molecule has 0 aromatic heterocycles. The molecule has 0 unspecified atom stereocenters. The molecular weight excluding hydrogens is 428 g/mol. The highest BCUT2D eigenvalue weighted by Crippen LogP contribution is 2.62. The van der Waals surface area contributed by atoms with Gasteiger partial charge in [0.25, 0.3) is 0 Å². The number of halogens is 1. The maximum Gasteiger partial charge on any atom is 0.0257 e. The van der Waals surface area contributed by atoms with Gasteiger partial charge in [-0.2, -0.15) is 0 Å². The molecule has 4 aromatic rings. The minimum atomic E-state index is 0.0958. The summed E-state index contributed by atoms with van der Waals surface area (Å²) in [6.07, 6.45) is 0. The van der Waals surface area contributed by atoms with Crippen molar-refractivity contribution < 1.29 is 0 Å². The van der Waals surface area contributed by atoms with Crippen LogP contribution < -0.4 is 0 Å². The smallest absolute Gasteiger partial charge is 0.0257 e. The molecule has 152 valence electrons. The molecule has 0 fully saturated rings. The van der Waals surface area contributed by atoms with Gasteiger partial charge in [-0.15, -0.1) is 0 Å². The van der Waals surface area contributed by atoms with E-state index in [1.54, 1.807) is 0 Å². The summed E-state index contributed by atoms with van der Waals surface area (Å²) in [6.45, 7) is 14.5. The Labute approximate surface area is 188 Å². The van der Waals surface area contributed by atoms with Crippen LogP contribution in [0.3, 0.4) is 0 Å². The summed E-state index contributed by atoms with van der Waals surface area (Å²) in [5, 5.41) is 5.24. The van der Waals surface area contributed by atoms with E-state index in [-0.39, 0.29) is 16.2 Å². The van der Waals surface area contributed by atoms with Crippen LogP contribution in [0.15, 0.2) is 71.2 Å². The Morgan fingerprint density at radius 3 is 1.93 bits per heavy atom. The van der Waals surface area contributed by atoms with E-state index in [2.05, 4.69) is 124 Å². The van der Waals surface area contributed by atoms with E-state index in [0.717, 1.165) is 0 Å². The summed E-state index contributed by atoms with van der Waals surface area (Å²) in [5.41, 5.74) is 5.91. The van der Waals surface area contributed by atoms with Crippen LogP contribution in [-0.4, -0.2) is 0 Å². The van der Waals surface area contributed by atoms with Crippen LogP contribution in [0.5, 0.6) is 0 Å². The predicted octanol–water partition coefficient (Wildman–Crippen LogP) is 9.02. The van der Waals surface area contributed by atoms with Gasteiger partial charge in [0.15, 0.2) is 0 Å². The summed E-state index contributed by atoms with van der Waals surface area (Å²) in [5.74, 6) is 0. The third-order valence-corrected chi connectivity index (χ3v) is 9.31. The topological polar surface area (TPSA) is 0 Å². The van der Waals surface area contributed by atoms with E-state index >= 15 is 0 Å². The molecule has 0 spiro atoms. The summed E-state index contributed by atoms with van der Waals surface area (Å²) < 4.78 is 1.18. The average Bonchev–Trinajstić information content (AvgIpc) is 2.81. The zero-order valence-corrected chi connectivity index (χ0v) is 20.3. The molecule has 0 radical (unpaired) electrons. The molecule has 0 bridgehead atoms. The van der Waals surface area contributed by atoms with Crippen LogP contribution in [0.2, 0.25) is 0 Å². The van der Waals surface area contributed by atoms with Gasteiger partial charge in [0.1, 0.15) is 0 Å². The molecule has 0 amide bonds. The van der Waals surface area contributed by atoms with Crippen LogP contribution >= 0.6 is 15.9 Å². The Hall–Kier alpha value is -2.12. The van der Waals surface area contributed by atoms with Gasteiger partial charge in [-0.25, -0.2) is 0 Å². The van der Waals surface area contributed by atoms with Crippen molar-refractivity contribution in [3.8, 4) is 11.1 Å². The molecule has 0 nitrogen and oxygen atoms in total. The molecule has 0 N–H and O–H groups in total. The summed E-state index contributed by atoms with van der Waals surface area (Å²) in [4.78, 5) is 0. The molecule has 0 saturated heterocycles. The largest absolute Gasteiger partial charge is 0.0616 e. The Kier molecular flexibility index (Phi) is 4.10. The normalized spacial score (nSPS) is 18.6. The number of rotatable bonds is 1. The number of hydrogen-bond acceptors (Lipinski definition) is 0. The van der Waals surface area contributed by atoms with Gasteiger partial charge < -0.3 is 0 Å². The molecule has 1 aliphatic carbocycles. The van der Waals surface area contributed by atoms with E-state index in [1.165, 1.54) is 48.3 Å². The monoisotopic (exact) mass is 456 g/mol. The third-order valence-electron chi connectivity index (χ3n) is 8.66. The zero-order valence-electron chi connectivity index (χ0n) is 18.7. The van der Waals surface area contributed by atoms with E-state index in [4.69, 9.17) is 0 Å². The van der Waals surface area contributed by atoms with Crippen molar-refractivity contribution in [2.24, 2.45) is 5.41 Å². The second-order valence-corrected chi connectivity index (χ2v) is 11.3. The highest BCUT2D eigenvalue weighted by molar-refractivity contribution is 9.10. The molecule has 1 aliphatic rings. The molecule has 1 heteroatoms. The van der Waals surface area contributed by atoms with Gasteiger partial charge >= 0.3 is 0 Å². The molecule has 4 aromatic carbocycles. The SMILES string of the molecule is CC1(C)c2cc(Br)c(-c3cccc4c3ccc3ccccc34)cc2C(C)(C)C1(C)C. The van der Waals surface area contributed by atoms with Crippen molar-refractivity contribution in [1.29, 1.82) is 0 Å². The predicted molar refractivity (Wildman–Crippen MR) is 134 cm³/mol. The first kappa shape index (κ1) is 19.8. The lowest BCUT2D eigenvalue weighted by atomic mass is 9.59. The fourth-order valence-corrected chi connectivity index (χ4v) is 6.10. The van der Waals surface area contributed by atoms with Gasteiger partial charge in [0.2, 0.25) is 0 Å². The second kappa shape index (κ2) is 6.20. The zero-order chi connectivity index (χ0) is 21.5. The van der Waals surface area contributed by atoms with Crippen molar-refractivity contribution in [3.63, 3.8) is 0 Å². The summed E-state index contributed by atoms with van der Waals surface area (Å²) >= 11 is 3.95. The fraction of sp³-hybridized carbons (Fsp3) is 0.310. The summed E-state index contributed by atoms with van der Waals surface area (Å²) in [6, 6.07) is 24.8. The highest BCUT2D eigenvalue weighted by Gasteiger charge is 2.56. The minimum absolute atomic E-state index is 0.0958. The highest BCUT2D eigenvalue weighted by atomic mass is 79.9. The lowest BCUT2D eigenvalue weighted by Gasteiger charge is -2.44. The van der Waals surface area contributed by atoms with Crippen molar-refractivity contribution in [2.45, 2.75) is 52.4 Å². The van der Waals surface area contributed by atoms with Gasteiger partial charge in [0, 0.05) is 4.47 Å². The maximum absolute atomic E-state index is 3.95. The lowest BCUT2D eigenvalue weighted by molar-refractivity contribution is 0.125. The molecular formula is C29H29Br. The molecule has 0 saturated carbocycles. The first-order chi connectivity index (χ1) is 14.1. The molecule has 0 atom stereocenters. The Morgan fingerprint density at radius 1 is 0.567 bits per heavy atom. The Balaban J connectivity index is 1.82. The van der Waals surface area contributed by atoms with Gasteiger partial charge in [0.05, 0.1) is 0 Å². The van der Waals surface area contributed by atoms with E-state index < -0.39 is 0 Å². The van der Waals surface area contributed by atoms with E-state index in [1.807, 2.05) is 0 Å².